The van der Waals surface area contributed by atoms with Gasteiger partial charge in [-0.1, -0.05) is 6.07 Å². The maximum absolute atomic E-state index is 13.4. The number of carbonyl (C=O) groups excluding carboxylic acids is 1. The van der Waals surface area contributed by atoms with E-state index in [9.17, 15) is 9.18 Å². The summed E-state index contributed by atoms with van der Waals surface area (Å²) in [7, 11) is 1.55. The van der Waals surface area contributed by atoms with Crippen LogP contribution in [-0.2, 0) is 4.79 Å². The van der Waals surface area contributed by atoms with Gasteiger partial charge in [0.25, 0.3) is 0 Å². The molecular weight excluding hydrogens is 199 g/mol. The van der Waals surface area contributed by atoms with Crippen molar-refractivity contribution in [3.63, 3.8) is 0 Å². The molecule has 0 radical (unpaired) electrons. The van der Waals surface area contributed by atoms with E-state index in [2.05, 4.69) is 0 Å². The number of anilines is 1. The second-order valence-electron chi connectivity index (χ2n) is 3.40. The molecule has 15 heavy (non-hydrogen) atoms. The Morgan fingerprint density at radius 2 is 2.33 bits per heavy atom. The normalized spacial score (nSPS) is 20.6. The molecule has 80 valence electrons. The maximum atomic E-state index is 13.4. The summed E-state index contributed by atoms with van der Waals surface area (Å²) in [4.78, 5) is 12.9. The lowest BCUT2D eigenvalue weighted by atomic mass is 10.2. The van der Waals surface area contributed by atoms with E-state index in [1.807, 2.05) is 0 Å². The number of fused-ring (bicyclic) bond motifs is 1. The fourth-order valence-electron chi connectivity index (χ4n) is 1.52. The largest absolute Gasteiger partial charge is 0.486 e. The van der Waals surface area contributed by atoms with Crippen LogP contribution in [0.4, 0.5) is 10.1 Å². The minimum Gasteiger partial charge on any atom is -0.486 e. The second-order valence-corrected chi connectivity index (χ2v) is 3.40. The van der Waals surface area contributed by atoms with Crippen LogP contribution in [0.5, 0.6) is 5.75 Å². The first-order valence-electron chi connectivity index (χ1n) is 4.55. The van der Waals surface area contributed by atoms with Gasteiger partial charge in [-0.25, -0.2) is 4.39 Å². The molecule has 0 spiro atoms. The topological polar surface area (TPSA) is 55.6 Å². The number of nitrogens with zero attached hydrogens (tertiary/aromatic N) is 1. The fourth-order valence-corrected chi connectivity index (χ4v) is 1.52. The molecule has 1 aromatic rings. The van der Waals surface area contributed by atoms with Crippen LogP contribution in [0.2, 0.25) is 0 Å². The first kappa shape index (κ1) is 9.92. The number of ether oxygens (including phenoxy) is 1. The maximum Gasteiger partial charge on any atom is 0.247 e. The number of rotatable bonds is 0. The van der Waals surface area contributed by atoms with Gasteiger partial charge in [0.15, 0.2) is 11.6 Å². The molecule has 0 aliphatic carbocycles. The van der Waals surface area contributed by atoms with Gasteiger partial charge in [0.2, 0.25) is 5.91 Å². The molecule has 1 amide bonds. The average Bonchev–Trinajstić information content (AvgIpc) is 2.33. The highest BCUT2D eigenvalue weighted by atomic mass is 19.1. The van der Waals surface area contributed by atoms with Crippen LogP contribution in [0, 0.1) is 5.82 Å². The van der Waals surface area contributed by atoms with Gasteiger partial charge in [0.1, 0.15) is 12.6 Å². The zero-order chi connectivity index (χ0) is 11.0. The number of para-hydroxylation sites is 1. The lowest BCUT2D eigenvalue weighted by Gasteiger charge is -2.17. The van der Waals surface area contributed by atoms with Gasteiger partial charge in [-0.2, -0.15) is 0 Å². The molecule has 1 aliphatic rings. The molecule has 1 heterocycles. The number of amides is 1. The highest BCUT2D eigenvalue weighted by Crippen LogP contribution is 2.32. The number of likely N-dealkylation sites (N-methyl/N-ethyl adjacent to an activating group) is 1. The van der Waals surface area contributed by atoms with Crippen LogP contribution in [-0.4, -0.2) is 25.6 Å². The molecule has 5 heteroatoms. The molecule has 4 nitrogen and oxygen atoms in total. The molecule has 1 aromatic carbocycles. The minimum absolute atomic E-state index is 0.00287. The lowest BCUT2D eigenvalue weighted by molar-refractivity contribution is -0.119. The summed E-state index contributed by atoms with van der Waals surface area (Å²) in [6.07, 6.45) is 0. The van der Waals surface area contributed by atoms with Gasteiger partial charge in [-0.05, 0) is 12.1 Å². The van der Waals surface area contributed by atoms with Crippen LogP contribution in [0.25, 0.3) is 0 Å². The van der Waals surface area contributed by atoms with Crippen LogP contribution >= 0.6 is 0 Å². The van der Waals surface area contributed by atoms with E-state index in [1.165, 1.54) is 17.0 Å². The van der Waals surface area contributed by atoms with Gasteiger partial charge in [0, 0.05) is 7.05 Å². The predicted octanol–water partition coefficient (Wildman–Crippen LogP) is 0.508. The smallest absolute Gasteiger partial charge is 0.247 e. The standard InChI is InChI=1S/C10H11FN2O2/c1-13-8-4-2-3-6(11)9(8)15-5-7(12)10(13)14/h2-4,7H,5,12H2,1H3/t7-/m0/s1. The molecule has 2 N–H and O–H groups in total. The van der Waals surface area contributed by atoms with E-state index < -0.39 is 11.9 Å². The summed E-state index contributed by atoms with van der Waals surface area (Å²) in [6, 6.07) is 3.68. The molecular formula is C10H11FN2O2. The molecule has 0 saturated heterocycles. The first-order valence-corrected chi connectivity index (χ1v) is 4.55. The van der Waals surface area contributed by atoms with E-state index in [1.54, 1.807) is 13.1 Å². The van der Waals surface area contributed by atoms with Crippen LogP contribution in [0.15, 0.2) is 18.2 Å². The van der Waals surface area contributed by atoms with E-state index in [0.29, 0.717) is 5.69 Å². The number of nitrogens with two attached hydrogens (primary N) is 1. The van der Waals surface area contributed by atoms with Crippen molar-refractivity contribution in [2.45, 2.75) is 6.04 Å². The quantitative estimate of drug-likeness (QED) is 0.678. The summed E-state index contributed by atoms with van der Waals surface area (Å²) in [5.74, 6) is -0.679. The van der Waals surface area contributed by atoms with Crippen molar-refractivity contribution in [2.24, 2.45) is 5.73 Å². The van der Waals surface area contributed by atoms with Crippen molar-refractivity contribution in [3.8, 4) is 5.75 Å². The third-order valence-electron chi connectivity index (χ3n) is 2.36. The Morgan fingerprint density at radius 3 is 3.07 bits per heavy atom. The minimum atomic E-state index is -0.748. The summed E-state index contributed by atoms with van der Waals surface area (Å²) in [6.45, 7) is -0.00287. The summed E-state index contributed by atoms with van der Waals surface area (Å²) in [5.41, 5.74) is 5.97. The van der Waals surface area contributed by atoms with Gasteiger partial charge < -0.3 is 15.4 Å². The third-order valence-corrected chi connectivity index (χ3v) is 2.36. The van der Waals surface area contributed by atoms with Crippen LogP contribution < -0.4 is 15.4 Å². The van der Waals surface area contributed by atoms with Gasteiger partial charge in [-0.15, -0.1) is 0 Å². The molecule has 0 aromatic heterocycles. The van der Waals surface area contributed by atoms with Gasteiger partial charge >= 0.3 is 0 Å². The van der Waals surface area contributed by atoms with Gasteiger partial charge in [-0.3, -0.25) is 4.79 Å². The van der Waals surface area contributed by atoms with E-state index >= 15 is 0 Å². The zero-order valence-corrected chi connectivity index (χ0v) is 8.24. The van der Waals surface area contributed by atoms with E-state index in [4.69, 9.17) is 10.5 Å². The first-order chi connectivity index (χ1) is 7.11. The number of carbonyl (C=O) groups is 1. The Balaban J connectivity index is 2.52. The molecule has 1 atom stereocenters. The molecule has 2 rings (SSSR count). The molecule has 0 fully saturated rings. The van der Waals surface area contributed by atoms with Crippen LogP contribution in [0.1, 0.15) is 0 Å². The Labute approximate surface area is 86.4 Å². The predicted molar refractivity (Wildman–Crippen MR) is 53.3 cm³/mol. The zero-order valence-electron chi connectivity index (χ0n) is 8.24. The summed E-state index contributed by atoms with van der Waals surface area (Å²) >= 11 is 0. The Kier molecular flexibility index (Phi) is 2.32. The van der Waals surface area contributed by atoms with E-state index in [0.717, 1.165) is 0 Å². The monoisotopic (exact) mass is 210 g/mol. The van der Waals surface area contributed by atoms with Crippen molar-refractivity contribution in [1.29, 1.82) is 0 Å². The Hall–Kier alpha value is -1.62. The highest BCUT2D eigenvalue weighted by Gasteiger charge is 2.27. The average molecular weight is 210 g/mol. The number of halogens is 1. The van der Waals surface area contributed by atoms with Gasteiger partial charge in [0.05, 0.1) is 5.69 Å². The third kappa shape index (κ3) is 1.55. The lowest BCUT2D eigenvalue weighted by Crippen LogP contribution is -2.43. The fraction of sp³-hybridized carbons (Fsp3) is 0.300. The van der Waals surface area contributed by atoms with E-state index in [-0.39, 0.29) is 18.3 Å². The van der Waals surface area contributed by atoms with Crippen LogP contribution in [0.3, 0.4) is 0 Å². The molecule has 0 unspecified atom stereocenters. The molecule has 0 saturated carbocycles. The number of benzene rings is 1. The van der Waals surface area contributed by atoms with Crippen molar-refractivity contribution >= 4 is 11.6 Å². The van der Waals surface area contributed by atoms with Crippen molar-refractivity contribution < 1.29 is 13.9 Å². The summed E-state index contributed by atoms with van der Waals surface area (Å²) in [5, 5.41) is 0. The molecule has 0 bridgehead atoms. The second kappa shape index (κ2) is 3.51. The highest BCUT2D eigenvalue weighted by molar-refractivity contribution is 5.98. The van der Waals surface area contributed by atoms with Crippen molar-refractivity contribution in [3.05, 3.63) is 24.0 Å². The SMILES string of the molecule is CN1C(=O)[C@@H](N)COc2c(F)cccc21. The van der Waals surface area contributed by atoms with Crippen molar-refractivity contribution in [2.75, 3.05) is 18.6 Å². The number of hydrogen-bond acceptors (Lipinski definition) is 3. The molecule has 1 aliphatic heterocycles. The summed E-state index contributed by atoms with van der Waals surface area (Å²) < 4.78 is 18.5. The van der Waals surface area contributed by atoms with Crippen molar-refractivity contribution in [1.82, 2.24) is 0 Å². The number of hydrogen-bond donors (Lipinski definition) is 1. The Morgan fingerprint density at radius 1 is 1.60 bits per heavy atom. The Bertz CT molecular complexity index is 408.